The third-order valence-electron chi connectivity index (χ3n) is 4.21. The second-order valence-electron chi connectivity index (χ2n) is 6.04. The molecule has 5 nitrogen and oxygen atoms in total. The van der Waals surface area contributed by atoms with Crippen molar-refractivity contribution in [2.24, 2.45) is 5.10 Å². The van der Waals surface area contributed by atoms with Gasteiger partial charge in [-0.3, -0.25) is 0 Å². The third kappa shape index (κ3) is 3.80. The molecule has 0 aliphatic carbocycles. The monoisotopic (exact) mass is 388 g/mol. The topological polar surface area (TPSA) is 59.4 Å². The van der Waals surface area contributed by atoms with Gasteiger partial charge in [0.15, 0.2) is 0 Å². The van der Waals surface area contributed by atoms with Crippen LogP contribution in [-0.4, -0.2) is 23.3 Å². The number of fused-ring (bicyclic) bond motifs is 1. The lowest BCUT2D eigenvalue weighted by Crippen LogP contribution is -2.00. The van der Waals surface area contributed by atoms with Crippen LogP contribution in [0.3, 0.4) is 0 Å². The van der Waals surface area contributed by atoms with Crippen LogP contribution in [0.4, 0.5) is 5.95 Å². The van der Waals surface area contributed by atoms with Crippen molar-refractivity contribution >= 4 is 34.7 Å². The first-order valence-electron chi connectivity index (χ1n) is 8.69. The van der Waals surface area contributed by atoms with Crippen molar-refractivity contribution in [1.29, 1.82) is 0 Å². The van der Waals surface area contributed by atoms with Crippen LogP contribution in [0.1, 0.15) is 5.56 Å². The normalized spacial score (nSPS) is 11.1. The molecule has 0 saturated heterocycles. The molecular weight excluding hydrogens is 372 g/mol. The van der Waals surface area contributed by atoms with E-state index < -0.39 is 0 Å². The van der Waals surface area contributed by atoms with Crippen molar-refractivity contribution in [1.82, 2.24) is 9.97 Å². The number of hydrogen-bond acceptors (Lipinski definition) is 5. The van der Waals surface area contributed by atoms with Gasteiger partial charge in [-0.2, -0.15) is 5.10 Å². The zero-order valence-corrected chi connectivity index (χ0v) is 15.9. The van der Waals surface area contributed by atoms with Crippen LogP contribution in [-0.2, 0) is 0 Å². The number of aromatic nitrogens is 2. The van der Waals surface area contributed by atoms with Crippen molar-refractivity contribution in [3.05, 3.63) is 83.4 Å². The zero-order valence-electron chi connectivity index (χ0n) is 15.1. The van der Waals surface area contributed by atoms with Crippen LogP contribution in [0.5, 0.6) is 5.75 Å². The van der Waals surface area contributed by atoms with Crippen molar-refractivity contribution < 1.29 is 4.74 Å². The molecule has 0 saturated carbocycles. The fourth-order valence-corrected chi connectivity index (χ4v) is 3.07. The Labute approximate surface area is 167 Å². The van der Waals surface area contributed by atoms with E-state index >= 15 is 0 Å². The van der Waals surface area contributed by atoms with E-state index in [1.165, 1.54) is 0 Å². The van der Waals surface area contributed by atoms with Crippen LogP contribution in [0, 0.1) is 0 Å². The first-order chi connectivity index (χ1) is 13.7. The van der Waals surface area contributed by atoms with Crippen molar-refractivity contribution in [3.63, 3.8) is 0 Å². The Bertz CT molecular complexity index is 1150. The number of ether oxygens (including phenoxy) is 1. The first kappa shape index (κ1) is 17.9. The molecular formula is C22H17ClN4O. The second-order valence-corrected chi connectivity index (χ2v) is 6.47. The van der Waals surface area contributed by atoms with E-state index in [0.717, 1.165) is 33.5 Å². The van der Waals surface area contributed by atoms with E-state index in [1.807, 2.05) is 72.8 Å². The minimum Gasteiger partial charge on any atom is -0.496 e. The summed E-state index contributed by atoms with van der Waals surface area (Å²) in [5.74, 6) is 1.15. The average Bonchev–Trinajstić information content (AvgIpc) is 2.74. The number of para-hydroxylation sites is 1. The summed E-state index contributed by atoms with van der Waals surface area (Å²) in [6.07, 6.45) is 1.68. The van der Waals surface area contributed by atoms with E-state index in [1.54, 1.807) is 13.3 Å². The molecule has 0 unspecified atom stereocenters. The number of nitrogens with zero attached hydrogens (tertiary/aromatic N) is 3. The van der Waals surface area contributed by atoms with Gasteiger partial charge in [0.05, 0.1) is 24.5 Å². The highest BCUT2D eigenvalue weighted by Gasteiger charge is 2.10. The van der Waals surface area contributed by atoms with Crippen LogP contribution < -0.4 is 10.2 Å². The Morgan fingerprint density at radius 2 is 1.75 bits per heavy atom. The predicted octanol–water partition coefficient (Wildman–Crippen LogP) is 5.40. The van der Waals surface area contributed by atoms with Crippen LogP contribution in [0.15, 0.2) is 77.9 Å². The van der Waals surface area contributed by atoms with Crippen molar-refractivity contribution in [2.45, 2.75) is 0 Å². The molecule has 0 amide bonds. The zero-order chi connectivity index (χ0) is 19.3. The summed E-state index contributed by atoms with van der Waals surface area (Å²) in [4.78, 5) is 9.21. The van der Waals surface area contributed by atoms with Crippen molar-refractivity contribution in [3.8, 4) is 17.0 Å². The molecule has 0 atom stereocenters. The molecule has 4 aromatic rings. The third-order valence-corrected chi connectivity index (χ3v) is 4.45. The maximum atomic E-state index is 6.19. The summed E-state index contributed by atoms with van der Waals surface area (Å²) >= 11 is 6.19. The van der Waals surface area contributed by atoms with Gasteiger partial charge in [-0.15, -0.1) is 0 Å². The summed E-state index contributed by atoms with van der Waals surface area (Å²) in [5.41, 5.74) is 6.34. The van der Waals surface area contributed by atoms with Gasteiger partial charge in [-0.1, -0.05) is 54.1 Å². The average molecular weight is 389 g/mol. The van der Waals surface area contributed by atoms with Gasteiger partial charge in [-0.05, 0) is 30.3 Å². The van der Waals surface area contributed by atoms with E-state index in [4.69, 9.17) is 16.3 Å². The fraction of sp³-hybridized carbons (Fsp3) is 0.0455. The number of nitrogens with one attached hydrogen (secondary N) is 1. The molecule has 0 aliphatic heterocycles. The molecule has 0 radical (unpaired) electrons. The SMILES string of the molecule is COc1ccccc1C=NNc1nc(-c2ccccc2)c2cc(Cl)ccc2n1. The number of benzene rings is 3. The number of halogens is 1. The van der Waals surface area contributed by atoms with E-state index in [-0.39, 0.29) is 0 Å². The first-order valence-corrected chi connectivity index (χ1v) is 9.07. The van der Waals surface area contributed by atoms with Crippen LogP contribution in [0.25, 0.3) is 22.2 Å². The molecule has 138 valence electrons. The van der Waals surface area contributed by atoms with Gasteiger partial charge in [0, 0.05) is 21.5 Å². The maximum Gasteiger partial charge on any atom is 0.244 e. The fourth-order valence-electron chi connectivity index (χ4n) is 2.90. The number of methoxy groups -OCH3 is 1. The van der Waals surface area contributed by atoms with Gasteiger partial charge in [0.1, 0.15) is 5.75 Å². The Morgan fingerprint density at radius 1 is 0.964 bits per heavy atom. The number of anilines is 1. The number of rotatable bonds is 5. The predicted molar refractivity (Wildman–Crippen MR) is 114 cm³/mol. The second kappa shape index (κ2) is 8.06. The van der Waals surface area contributed by atoms with E-state index in [9.17, 15) is 0 Å². The van der Waals surface area contributed by atoms with Crippen molar-refractivity contribution in [2.75, 3.05) is 12.5 Å². The summed E-state index contributed by atoms with van der Waals surface area (Å²) in [6.45, 7) is 0. The molecule has 6 heteroatoms. The molecule has 4 rings (SSSR count). The highest BCUT2D eigenvalue weighted by atomic mass is 35.5. The maximum absolute atomic E-state index is 6.19. The Balaban J connectivity index is 1.72. The molecule has 1 aromatic heterocycles. The summed E-state index contributed by atoms with van der Waals surface area (Å²) < 4.78 is 5.33. The van der Waals surface area contributed by atoms with Crippen LogP contribution >= 0.6 is 11.6 Å². The highest BCUT2D eigenvalue weighted by molar-refractivity contribution is 6.31. The summed E-state index contributed by atoms with van der Waals surface area (Å²) in [5, 5.41) is 5.80. The number of hydrogen-bond donors (Lipinski definition) is 1. The molecule has 0 aliphatic rings. The molecule has 1 N–H and O–H groups in total. The largest absolute Gasteiger partial charge is 0.496 e. The lowest BCUT2D eigenvalue weighted by molar-refractivity contribution is 0.414. The molecule has 1 heterocycles. The highest BCUT2D eigenvalue weighted by Crippen LogP contribution is 2.29. The summed E-state index contributed by atoms with van der Waals surface area (Å²) in [7, 11) is 1.63. The minimum absolute atomic E-state index is 0.403. The van der Waals surface area contributed by atoms with Crippen LogP contribution in [0.2, 0.25) is 5.02 Å². The Hall–Kier alpha value is -3.44. The Kier molecular flexibility index (Phi) is 5.17. The van der Waals surface area contributed by atoms with Gasteiger partial charge >= 0.3 is 0 Å². The molecule has 0 bridgehead atoms. The molecule has 28 heavy (non-hydrogen) atoms. The lowest BCUT2D eigenvalue weighted by atomic mass is 10.1. The molecule has 0 spiro atoms. The van der Waals surface area contributed by atoms with E-state index in [2.05, 4.69) is 20.5 Å². The Morgan fingerprint density at radius 3 is 2.57 bits per heavy atom. The van der Waals surface area contributed by atoms with E-state index in [0.29, 0.717) is 11.0 Å². The van der Waals surface area contributed by atoms with Gasteiger partial charge < -0.3 is 4.74 Å². The van der Waals surface area contributed by atoms with Gasteiger partial charge in [0.2, 0.25) is 5.95 Å². The standard InChI is InChI=1S/C22H17ClN4O/c1-28-20-10-6-5-9-16(20)14-24-27-22-25-19-12-11-17(23)13-18(19)21(26-22)15-7-3-2-4-8-15/h2-14H,1H3,(H,25,26,27). The molecule has 0 fully saturated rings. The smallest absolute Gasteiger partial charge is 0.244 e. The van der Waals surface area contributed by atoms with Gasteiger partial charge in [-0.25, -0.2) is 15.4 Å². The van der Waals surface area contributed by atoms with Gasteiger partial charge in [0.25, 0.3) is 0 Å². The number of hydrazone groups is 1. The quantitative estimate of drug-likeness (QED) is 0.367. The summed E-state index contributed by atoms with van der Waals surface area (Å²) in [6, 6.07) is 23.1. The lowest BCUT2D eigenvalue weighted by Gasteiger charge is -2.09. The minimum atomic E-state index is 0.403. The molecule has 3 aromatic carbocycles.